The molecular formula is C13H18BrClFNS. The van der Waals surface area contributed by atoms with Crippen molar-refractivity contribution in [1.82, 2.24) is 0 Å². The van der Waals surface area contributed by atoms with Crippen LogP contribution in [-0.2, 0) is 0 Å². The zero-order valence-corrected chi connectivity index (χ0v) is 13.8. The first-order chi connectivity index (χ1) is 8.66. The molecule has 1 aliphatic carbocycles. The highest BCUT2D eigenvalue weighted by atomic mass is 79.9. The Labute approximate surface area is 126 Å². The molecule has 0 aliphatic heterocycles. The number of hydrogen-bond acceptors (Lipinski definition) is 2. The summed E-state index contributed by atoms with van der Waals surface area (Å²) in [7, 11) is 0. The lowest BCUT2D eigenvalue weighted by molar-refractivity contribution is 0.626. The third kappa shape index (κ3) is 4.63. The average molecular weight is 355 g/mol. The average Bonchev–Trinajstić information content (AvgIpc) is 2.87. The molecule has 1 fully saturated rings. The summed E-state index contributed by atoms with van der Waals surface area (Å²) in [5, 5.41) is 1.12. The van der Waals surface area contributed by atoms with Gasteiger partial charge in [0.25, 0.3) is 0 Å². The van der Waals surface area contributed by atoms with Gasteiger partial charge in [0.2, 0.25) is 0 Å². The van der Waals surface area contributed by atoms with Gasteiger partial charge in [-0.1, -0.05) is 38.3 Å². The summed E-state index contributed by atoms with van der Waals surface area (Å²) >= 11 is 10.6. The zero-order chi connectivity index (χ0) is 13.5. The number of halogens is 3. The first-order valence-electron chi connectivity index (χ1n) is 6.23. The van der Waals surface area contributed by atoms with Gasteiger partial charge in [0.15, 0.2) is 5.82 Å². The lowest BCUT2D eigenvalue weighted by atomic mass is 10.3. The van der Waals surface area contributed by atoms with Gasteiger partial charge in [-0.25, -0.2) is 4.39 Å². The van der Waals surface area contributed by atoms with Crippen molar-refractivity contribution in [2.45, 2.75) is 44.8 Å². The Kier molecular flexibility index (Phi) is 7.42. The van der Waals surface area contributed by atoms with Gasteiger partial charge in [-0.3, -0.25) is 0 Å². The number of hydrogen-bond donors (Lipinski definition) is 1. The fraction of sp³-hybridized carbons (Fsp3) is 0.538. The Morgan fingerprint density at radius 3 is 2.56 bits per heavy atom. The van der Waals surface area contributed by atoms with E-state index in [9.17, 15) is 4.39 Å². The van der Waals surface area contributed by atoms with Crippen molar-refractivity contribution in [3.63, 3.8) is 0 Å². The lowest BCUT2D eigenvalue weighted by Gasteiger charge is -2.12. The van der Waals surface area contributed by atoms with Crippen molar-refractivity contribution in [2.24, 2.45) is 0 Å². The molecule has 1 saturated carbocycles. The smallest absolute Gasteiger partial charge is 0.161 e. The molecular weight excluding hydrogens is 337 g/mol. The molecule has 1 aromatic rings. The minimum Gasteiger partial charge on any atom is -0.327 e. The minimum atomic E-state index is -0.283. The van der Waals surface area contributed by atoms with Crippen LogP contribution >= 0.6 is 39.5 Å². The maximum absolute atomic E-state index is 13.7. The van der Waals surface area contributed by atoms with E-state index in [1.54, 1.807) is 24.1 Å². The van der Waals surface area contributed by atoms with Gasteiger partial charge in [0, 0.05) is 10.3 Å². The molecule has 102 valence electrons. The maximum atomic E-state index is 13.7. The molecule has 1 nitrogen and oxygen atoms in total. The predicted octanol–water partition coefficient (Wildman–Crippen LogP) is 6.27. The number of benzene rings is 1. The quantitative estimate of drug-likeness (QED) is 0.507. The van der Waals surface area contributed by atoms with Crippen molar-refractivity contribution in [3.05, 3.63) is 27.4 Å². The summed E-state index contributed by atoms with van der Waals surface area (Å²) in [6.07, 6.45) is 4.98. The van der Waals surface area contributed by atoms with Crippen molar-refractivity contribution in [1.29, 1.82) is 0 Å². The number of nitrogens with one attached hydrogen (secondary N) is 1. The van der Waals surface area contributed by atoms with Gasteiger partial charge in [-0.15, -0.1) is 0 Å². The summed E-state index contributed by atoms with van der Waals surface area (Å²) in [6, 6.07) is 3.17. The van der Waals surface area contributed by atoms with Crippen LogP contribution in [0.25, 0.3) is 0 Å². The molecule has 0 radical (unpaired) electrons. The van der Waals surface area contributed by atoms with Crippen LogP contribution in [0.5, 0.6) is 0 Å². The maximum Gasteiger partial charge on any atom is 0.161 e. The predicted molar refractivity (Wildman–Crippen MR) is 83.9 cm³/mol. The largest absolute Gasteiger partial charge is 0.327 e. The van der Waals surface area contributed by atoms with Gasteiger partial charge >= 0.3 is 0 Å². The van der Waals surface area contributed by atoms with Crippen LogP contribution in [0.4, 0.5) is 10.1 Å². The molecule has 0 saturated heterocycles. The van der Waals surface area contributed by atoms with Gasteiger partial charge in [0.1, 0.15) is 0 Å². The number of rotatable bonds is 3. The van der Waals surface area contributed by atoms with Gasteiger partial charge in [0.05, 0.1) is 10.2 Å². The number of anilines is 1. The Morgan fingerprint density at radius 2 is 1.94 bits per heavy atom. The first kappa shape index (κ1) is 16.1. The SMILES string of the molecule is CC.Fc1c(Br)cc(Cl)cc1NSC1CCCC1. The Balaban J connectivity index is 0.000000771. The minimum absolute atomic E-state index is 0.283. The van der Waals surface area contributed by atoms with Crippen molar-refractivity contribution < 1.29 is 4.39 Å². The molecule has 0 bridgehead atoms. The van der Waals surface area contributed by atoms with Crippen LogP contribution in [0.1, 0.15) is 39.5 Å². The van der Waals surface area contributed by atoms with Gasteiger partial charge < -0.3 is 4.72 Å². The first-order valence-corrected chi connectivity index (χ1v) is 8.28. The van der Waals surface area contributed by atoms with Crippen molar-refractivity contribution in [2.75, 3.05) is 4.72 Å². The molecule has 0 unspecified atom stereocenters. The van der Waals surface area contributed by atoms with Crippen LogP contribution in [0, 0.1) is 5.82 Å². The molecule has 0 amide bonds. The Bertz CT molecular complexity index is 383. The van der Waals surface area contributed by atoms with Crippen LogP contribution in [0.2, 0.25) is 5.02 Å². The monoisotopic (exact) mass is 353 g/mol. The topological polar surface area (TPSA) is 12.0 Å². The van der Waals surface area contributed by atoms with E-state index in [0.717, 1.165) is 0 Å². The lowest BCUT2D eigenvalue weighted by Crippen LogP contribution is -2.01. The summed E-state index contributed by atoms with van der Waals surface area (Å²) < 4.78 is 17.1. The highest BCUT2D eigenvalue weighted by Crippen LogP contribution is 2.33. The van der Waals surface area contributed by atoms with E-state index in [-0.39, 0.29) is 5.82 Å². The molecule has 1 aliphatic rings. The fourth-order valence-electron chi connectivity index (χ4n) is 1.78. The van der Waals surface area contributed by atoms with E-state index in [4.69, 9.17) is 11.6 Å². The Hall–Kier alpha value is 0.0700. The van der Waals surface area contributed by atoms with E-state index in [0.29, 0.717) is 20.4 Å². The molecule has 18 heavy (non-hydrogen) atoms. The second-order valence-electron chi connectivity index (χ2n) is 3.88. The van der Waals surface area contributed by atoms with E-state index in [1.165, 1.54) is 25.7 Å². The molecule has 0 spiro atoms. The van der Waals surface area contributed by atoms with Crippen LogP contribution in [-0.4, -0.2) is 5.25 Å². The van der Waals surface area contributed by atoms with Gasteiger partial charge in [-0.2, -0.15) is 0 Å². The summed E-state index contributed by atoms with van der Waals surface area (Å²) in [5.41, 5.74) is 0.455. The summed E-state index contributed by atoms with van der Waals surface area (Å²) in [4.78, 5) is 0. The zero-order valence-electron chi connectivity index (χ0n) is 10.6. The second-order valence-corrected chi connectivity index (χ2v) is 6.27. The molecule has 0 heterocycles. The molecule has 1 aromatic carbocycles. The molecule has 0 atom stereocenters. The van der Waals surface area contributed by atoms with Crippen molar-refractivity contribution in [3.8, 4) is 0 Å². The molecule has 0 aromatic heterocycles. The standard InChI is InChI=1S/C11H12BrClFNS.C2H6/c12-9-5-7(13)6-10(11(9)14)15-16-8-3-1-2-4-8;1-2/h5-6,8,15H,1-4H2;1-2H3. The van der Waals surface area contributed by atoms with Gasteiger partial charge in [-0.05, 0) is 52.9 Å². The molecule has 2 rings (SSSR count). The highest BCUT2D eigenvalue weighted by Gasteiger charge is 2.16. The summed E-state index contributed by atoms with van der Waals surface area (Å²) in [6.45, 7) is 4.00. The third-order valence-electron chi connectivity index (χ3n) is 2.63. The van der Waals surface area contributed by atoms with E-state index in [2.05, 4.69) is 20.7 Å². The summed E-state index contributed by atoms with van der Waals surface area (Å²) in [5.74, 6) is -0.283. The Morgan fingerprint density at radius 1 is 1.33 bits per heavy atom. The highest BCUT2D eigenvalue weighted by molar-refractivity contribution is 9.10. The van der Waals surface area contributed by atoms with Crippen LogP contribution in [0.15, 0.2) is 16.6 Å². The second kappa shape index (κ2) is 8.28. The van der Waals surface area contributed by atoms with E-state index in [1.807, 2.05) is 13.8 Å². The molecule has 1 N–H and O–H groups in total. The van der Waals surface area contributed by atoms with Crippen LogP contribution in [0.3, 0.4) is 0 Å². The van der Waals surface area contributed by atoms with E-state index < -0.39 is 0 Å². The molecule has 5 heteroatoms. The normalized spacial score (nSPS) is 15.2. The van der Waals surface area contributed by atoms with Crippen molar-refractivity contribution >= 4 is 45.2 Å². The third-order valence-corrected chi connectivity index (χ3v) is 4.57. The van der Waals surface area contributed by atoms with Crippen LogP contribution < -0.4 is 4.72 Å². The fourth-order valence-corrected chi connectivity index (χ4v) is 3.60. The van der Waals surface area contributed by atoms with E-state index >= 15 is 0 Å².